The highest BCUT2D eigenvalue weighted by atomic mass is 16.3. The average molecular weight is 316 g/mol. The van der Waals surface area contributed by atoms with Crippen molar-refractivity contribution in [3.63, 3.8) is 0 Å². The molecule has 4 rings (SSSR count). The maximum atomic E-state index is 12.2. The Hall–Kier alpha value is -3.14. The summed E-state index contributed by atoms with van der Waals surface area (Å²) in [5, 5.41) is 0. The van der Waals surface area contributed by atoms with Crippen molar-refractivity contribution in [2.45, 2.75) is 13.5 Å². The van der Waals surface area contributed by atoms with E-state index >= 15 is 0 Å². The number of hydrogen-bond acceptors (Lipinski definition) is 3. The normalized spacial score (nSPS) is 14.3. The number of hydrogen-bond donors (Lipinski definition) is 0. The monoisotopic (exact) mass is 316 g/mol. The standard InChI is InChI=1S/C20H16N2O2/c1-14(23)22-12-18-9-8-17(20-11-21-13-24-20)10-16(18)7-6-15-4-2-3-5-19(15)22/h2-11,13H,12H2,1H3/b7-6-. The van der Waals surface area contributed by atoms with Crippen LogP contribution in [0.3, 0.4) is 0 Å². The lowest BCUT2D eigenvalue weighted by Crippen LogP contribution is -2.29. The fourth-order valence-electron chi connectivity index (χ4n) is 3.00. The minimum absolute atomic E-state index is 0.0306. The van der Waals surface area contributed by atoms with Crippen LogP contribution >= 0.6 is 0 Å². The third-order valence-electron chi connectivity index (χ3n) is 4.24. The molecule has 0 atom stereocenters. The van der Waals surface area contributed by atoms with Crippen molar-refractivity contribution in [1.82, 2.24) is 4.98 Å². The Morgan fingerprint density at radius 2 is 1.96 bits per heavy atom. The molecule has 0 unspecified atom stereocenters. The first-order chi connectivity index (χ1) is 11.7. The largest absolute Gasteiger partial charge is 0.444 e. The van der Waals surface area contributed by atoms with Gasteiger partial charge in [-0.3, -0.25) is 4.79 Å². The smallest absolute Gasteiger partial charge is 0.224 e. The van der Waals surface area contributed by atoms with Crippen molar-refractivity contribution in [3.8, 4) is 11.3 Å². The molecule has 0 saturated carbocycles. The number of rotatable bonds is 1. The number of anilines is 1. The van der Waals surface area contributed by atoms with E-state index < -0.39 is 0 Å². The van der Waals surface area contributed by atoms with Crippen LogP contribution in [0.2, 0.25) is 0 Å². The summed E-state index contributed by atoms with van der Waals surface area (Å²) in [6.45, 7) is 2.15. The summed E-state index contributed by atoms with van der Waals surface area (Å²) in [6, 6.07) is 14.0. The van der Waals surface area contributed by atoms with Gasteiger partial charge < -0.3 is 9.32 Å². The zero-order valence-electron chi connectivity index (χ0n) is 13.3. The van der Waals surface area contributed by atoms with E-state index in [0.717, 1.165) is 33.7 Å². The number of carbonyl (C=O) groups excluding carboxylic acids is 1. The molecular formula is C20H16N2O2. The van der Waals surface area contributed by atoms with E-state index in [1.165, 1.54) is 6.39 Å². The molecule has 24 heavy (non-hydrogen) atoms. The molecule has 0 aliphatic carbocycles. The molecule has 1 aromatic heterocycles. The lowest BCUT2D eigenvalue weighted by Gasteiger charge is -2.26. The Labute approximate surface area is 140 Å². The first-order valence-corrected chi connectivity index (χ1v) is 7.79. The van der Waals surface area contributed by atoms with E-state index in [9.17, 15) is 4.79 Å². The zero-order chi connectivity index (χ0) is 16.5. The molecule has 118 valence electrons. The van der Waals surface area contributed by atoms with Gasteiger partial charge in [-0.15, -0.1) is 0 Å². The Balaban J connectivity index is 1.85. The molecule has 2 aromatic carbocycles. The molecule has 1 aliphatic rings. The van der Waals surface area contributed by atoms with Crippen molar-refractivity contribution in [2.24, 2.45) is 0 Å². The minimum Gasteiger partial charge on any atom is -0.444 e. The molecule has 4 nitrogen and oxygen atoms in total. The van der Waals surface area contributed by atoms with Crippen LogP contribution in [0.4, 0.5) is 5.69 Å². The average Bonchev–Trinajstić information content (AvgIpc) is 3.11. The van der Waals surface area contributed by atoms with E-state index in [-0.39, 0.29) is 5.91 Å². The van der Waals surface area contributed by atoms with Crippen LogP contribution in [0.1, 0.15) is 23.6 Å². The number of aromatic nitrogens is 1. The highest BCUT2D eigenvalue weighted by Crippen LogP contribution is 2.31. The second-order valence-electron chi connectivity index (χ2n) is 5.78. The molecule has 0 radical (unpaired) electrons. The number of para-hydroxylation sites is 1. The Kier molecular flexibility index (Phi) is 3.50. The van der Waals surface area contributed by atoms with Gasteiger partial charge in [-0.2, -0.15) is 0 Å². The summed E-state index contributed by atoms with van der Waals surface area (Å²) < 4.78 is 5.38. The fourth-order valence-corrected chi connectivity index (χ4v) is 3.00. The van der Waals surface area contributed by atoms with Crippen molar-refractivity contribution < 1.29 is 9.21 Å². The van der Waals surface area contributed by atoms with E-state index in [0.29, 0.717) is 6.54 Å². The van der Waals surface area contributed by atoms with Gasteiger partial charge in [-0.05, 0) is 28.8 Å². The van der Waals surface area contributed by atoms with Crippen LogP contribution in [-0.4, -0.2) is 10.9 Å². The van der Waals surface area contributed by atoms with Crippen LogP contribution < -0.4 is 4.90 Å². The predicted octanol–water partition coefficient (Wildman–Crippen LogP) is 4.38. The zero-order valence-corrected chi connectivity index (χ0v) is 13.3. The molecule has 1 aliphatic heterocycles. The van der Waals surface area contributed by atoms with Crippen molar-refractivity contribution >= 4 is 23.7 Å². The number of amides is 1. The second-order valence-corrected chi connectivity index (χ2v) is 5.78. The Morgan fingerprint density at radius 3 is 2.75 bits per heavy atom. The first kappa shape index (κ1) is 14.5. The van der Waals surface area contributed by atoms with Crippen LogP contribution in [0.15, 0.2) is 59.5 Å². The number of benzene rings is 2. The van der Waals surface area contributed by atoms with Gasteiger partial charge in [0.05, 0.1) is 18.4 Å². The molecular weight excluding hydrogens is 300 g/mol. The summed E-state index contributed by atoms with van der Waals surface area (Å²) in [5.74, 6) is 0.764. The summed E-state index contributed by atoms with van der Waals surface area (Å²) >= 11 is 0. The topological polar surface area (TPSA) is 46.3 Å². The molecule has 1 amide bonds. The molecule has 3 aromatic rings. The van der Waals surface area contributed by atoms with Crippen molar-refractivity contribution in [2.75, 3.05) is 4.90 Å². The Morgan fingerprint density at radius 1 is 1.12 bits per heavy atom. The lowest BCUT2D eigenvalue weighted by molar-refractivity contribution is -0.116. The molecule has 2 heterocycles. The maximum absolute atomic E-state index is 12.2. The van der Waals surface area contributed by atoms with Crippen molar-refractivity contribution in [1.29, 1.82) is 0 Å². The first-order valence-electron chi connectivity index (χ1n) is 7.79. The highest BCUT2D eigenvalue weighted by Gasteiger charge is 2.18. The molecule has 0 saturated heterocycles. The van der Waals surface area contributed by atoms with E-state index in [1.54, 1.807) is 13.1 Å². The number of carbonyl (C=O) groups is 1. The number of fused-ring (bicyclic) bond motifs is 2. The molecule has 0 spiro atoms. The summed E-state index contributed by atoms with van der Waals surface area (Å²) in [4.78, 5) is 18.0. The van der Waals surface area contributed by atoms with Crippen LogP contribution in [0.5, 0.6) is 0 Å². The summed E-state index contributed by atoms with van der Waals surface area (Å²) in [6.07, 6.45) is 7.26. The predicted molar refractivity (Wildman–Crippen MR) is 94.2 cm³/mol. The molecule has 0 N–H and O–H groups in total. The van der Waals surface area contributed by atoms with E-state index in [2.05, 4.69) is 17.1 Å². The van der Waals surface area contributed by atoms with Crippen LogP contribution in [0, 0.1) is 0 Å². The van der Waals surface area contributed by atoms with Crippen molar-refractivity contribution in [3.05, 3.63) is 71.7 Å². The maximum Gasteiger partial charge on any atom is 0.224 e. The van der Waals surface area contributed by atoms with Gasteiger partial charge in [0.15, 0.2) is 12.2 Å². The highest BCUT2D eigenvalue weighted by molar-refractivity contribution is 5.95. The number of nitrogens with zero attached hydrogens (tertiary/aromatic N) is 2. The summed E-state index contributed by atoms with van der Waals surface area (Å²) in [5.41, 5.74) is 5.11. The van der Waals surface area contributed by atoms with Gasteiger partial charge in [-0.1, -0.05) is 42.5 Å². The van der Waals surface area contributed by atoms with Gasteiger partial charge in [0.2, 0.25) is 5.91 Å². The van der Waals surface area contributed by atoms with E-state index in [4.69, 9.17) is 4.42 Å². The van der Waals surface area contributed by atoms with Crippen LogP contribution in [0.25, 0.3) is 23.5 Å². The Bertz CT molecular complexity index is 927. The van der Waals surface area contributed by atoms with Gasteiger partial charge in [0, 0.05) is 12.5 Å². The third kappa shape index (κ3) is 2.52. The quantitative estimate of drug-likeness (QED) is 0.669. The SMILES string of the molecule is CC(=O)N1Cc2ccc(-c3cnco3)cc2/C=C\c2ccccc21. The number of oxazole rings is 1. The van der Waals surface area contributed by atoms with Gasteiger partial charge in [-0.25, -0.2) is 4.98 Å². The summed E-state index contributed by atoms with van der Waals surface area (Å²) in [7, 11) is 0. The lowest BCUT2D eigenvalue weighted by atomic mass is 9.98. The molecule has 0 bridgehead atoms. The fraction of sp³-hybridized carbons (Fsp3) is 0.100. The van der Waals surface area contributed by atoms with Gasteiger partial charge in [0.25, 0.3) is 0 Å². The molecule has 4 heteroatoms. The molecule has 0 fully saturated rings. The van der Waals surface area contributed by atoms with Gasteiger partial charge in [0.1, 0.15) is 0 Å². The van der Waals surface area contributed by atoms with E-state index in [1.807, 2.05) is 47.4 Å². The van der Waals surface area contributed by atoms with Gasteiger partial charge >= 0.3 is 0 Å². The minimum atomic E-state index is 0.0306. The third-order valence-corrected chi connectivity index (χ3v) is 4.24. The van der Waals surface area contributed by atoms with Crippen LogP contribution in [-0.2, 0) is 11.3 Å². The second kappa shape index (κ2) is 5.81.